The third-order valence-corrected chi connectivity index (χ3v) is 5.67. The number of hydrogen-bond acceptors (Lipinski definition) is 5. The number of aryl methyl sites for hydroxylation is 2. The van der Waals surface area contributed by atoms with Gasteiger partial charge in [-0.2, -0.15) is 5.26 Å². The SMILES string of the molecule is COc1ccc2cc(CN(C)C(=O)CSc3nc(C)cc(C)c3C#N)ccc2c1. The smallest absolute Gasteiger partial charge is 0.233 e. The largest absolute Gasteiger partial charge is 0.497 e. The van der Waals surface area contributed by atoms with Crippen LogP contribution in [0, 0.1) is 25.2 Å². The van der Waals surface area contributed by atoms with Crippen LogP contribution in [0.15, 0.2) is 47.5 Å². The maximum Gasteiger partial charge on any atom is 0.233 e. The van der Waals surface area contributed by atoms with Gasteiger partial charge in [-0.15, -0.1) is 0 Å². The van der Waals surface area contributed by atoms with Gasteiger partial charge in [0.05, 0.1) is 18.4 Å². The Kier molecular flexibility index (Phi) is 6.40. The first-order valence-electron chi connectivity index (χ1n) is 9.23. The van der Waals surface area contributed by atoms with Crippen LogP contribution < -0.4 is 4.74 Å². The second kappa shape index (κ2) is 8.97. The summed E-state index contributed by atoms with van der Waals surface area (Å²) in [7, 11) is 3.45. The highest BCUT2D eigenvalue weighted by Gasteiger charge is 2.14. The van der Waals surface area contributed by atoms with E-state index in [9.17, 15) is 10.1 Å². The lowest BCUT2D eigenvalue weighted by Crippen LogP contribution is -2.27. The number of ether oxygens (including phenoxy) is 1. The number of fused-ring (bicyclic) bond motifs is 1. The summed E-state index contributed by atoms with van der Waals surface area (Å²) in [5.41, 5.74) is 3.33. The quantitative estimate of drug-likeness (QED) is 0.566. The molecule has 0 saturated heterocycles. The van der Waals surface area contributed by atoms with E-state index in [-0.39, 0.29) is 11.7 Å². The van der Waals surface area contributed by atoms with Crippen LogP contribution in [0.1, 0.15) is 22.4 Å². The number of rotatable bonds is 6. The van der Waals surface area contributed by atoms with Crippen molar-refractivity contribution in [1.82, 2.24) is 9.88 Å². The molecule has 3 aromatic rings. The van der Waals surface area contributed by atoms with E-state index in [1.807, 2.05) is 50.2 Å². The summed E-state index contributed by atoms with van der Waals surface area (Å²) >= 11 is 1.31. The van der Waals surface area contributed by atoms with Crippen molar-refractivity contribution in [2.45, 2.75) is 25.4 Å². The van der Waals surface area contributed by atoms with Crippen molar-refractivity contribution in [3.05, 3.63) is 64.8 Å². The van der Waals surface area contributed by atoms with Gasteiger partial charge in [0.1, 0.15) is 16.8 Å². The molecule has 3 rings (SSSR count). The summed E-state index contributed by atoms with van der Waals surface area (Å²) in [6, 6.07) is 16.2. The van der Waals surface area contributed by atoms with E-state index in [1.54, 1.807) is 19.1 Å². The van der Waals surface area contributed by atoms with Crippen molar-refractivity contribution in [2.24, 2.45) is 0 Å². The molecular formula is C23H23N3O2S. The van der Waals surface area contributed by atoms with Crippen LogP contribution in [0.2, 0.25) is 0 Å². The minimum Gasteiger partial charge on any atom is -0.497 e. The first-order chi connectivity index (χ1) is 13.9. The summed E-state index contributed by atoms with van der Waals surface area (Å²) in [6.45, 7) is 4.30. The molecule has 1 amide bonds. The molecule has 29 heavy (non-hydrogen) atoms. The van der Waals surface area contributed by atoms with Gasteiger partial charge in [0.15, 0.2) is 0 Å². The molecule has 0 unspecified atom stereocenters. The lowest BCUT2D eigenvalue weighted by molar-refractivity contribution is -0.127. The predicted molar refractivity (Wildman–Crippen MR) is 116 cm³/mol. The van der Waals surface area contributed by atoms with E-state index in [0.717, 1.165) is 33.3 Å². The summed E-state index contributed by atoms with van der Waals surface area (Å²) in [5, 5.41) is 12.2. The highest BCUT2D eigenvalue weighted by molar-refractivity contribution is 8.00. The molecule has 0 aliphatic heterocycles. The third-order valence-electron chi connectivity index (χ3n) is 4.71. The molecule has 0 fully saturated rings. The molecule has 1 aromatic heterocycles. The number of aromatic nitrogens is 1. The standard InChI is InChI=1S/C23H23N3O2S/c1-15-9-16(2)25-23(21(15)12-24)29-14-22(27)26(3)13-17-5-6-19-11-20(28-4)8-7-18(19)10-17/h5-11H,13-14H2,1-4H3. The zero-order chi connectivity index (χ0) is 21.0. The van der Waals surface area contributed by atoms with Gasteiger partial charge in [-0.1, -0.05) is 30.0 Å². The maximum atomic E-state index is 12.6. The number of benzene rings is 2. The molecule has 0 aliphatic rings. The Morgan fingerprint density at radius 3 is 2.62 bits per heavy atom. The Balaban J connectivity index is 1.67. The second-order valence-electron chi connectivity index (χ2n) is 6.96. The van der Waals surface area contributed by atoms with Gasteiger partial charge in [-0.05, 0) is 60.0 Å². The molecule has 5 nitrogen and oxygen atoms in total. The summed E-state index contributed by atoms with van der Waals surface area (Å²) in [5.74, 6) is 1.06. The third kappa shape index (κ3) is 4.87. The van der Waals surface area contributed by atoms with Gasteiger partial charge < -0.3 is 9.64 Å². The molecule has 0 radical (unpaired) electrons. The number of pyridine rings is 1. The van der Waals surface area contributed by atoms with Crippen molar-refractivity contribution in [3.63, 3.8) is 0 Å². The van der Waals surface area contributed by atoms with Crippen molar-refractivity contribution < 1.29 is 9.53 Å². The van der Waals surface area contributed by atoms with Gasteiger partial charge in [-0.3, -0.25) is 4.79 Å². The van der Waals surface area contributed by atoms with E-state index in [2.05, 4.69) is 17.1 Å². The number of thioether (sulfide) groups is 1. The molecule has 1 heterocycles. The second-order valence-corrected chi connectivity index (χ2v) is 7.92. The minimum atomic E-state index is -0.00493. The summed E-state index contributed by atoms with van der Waals surface area (Å²) in [6.07, 6.45) is 0. The Bertz CT molecular complexity index is 1110. The Morgan fingerprint density at radius 1 is 1.17 bits per heavy atom. The number of carbonyl (C=O) groups is 1. The molecule has 0 bridgehead atoms. The van der Waals surface area contributed by atoms with Crippen LogP contribution in [0.3, 0.4) is 0 Å². The maximum absolute atomic E-state index is 12.6. The molecule has 148 valence electrons. The van der Waals surface area contributed by atoms with Crippen LogP contribution in [-0.4, -0.2) is 35.7 Å². The van der Waals surface area contributed by atoms with Gasteiger partial charge in [0, 0.05) is 19.3 Å². The number of nitrogens with zero attached hydrogens (tertiary/aromatic N) is 3. The van der Waals surface area contributed by atoms with E-state index in [1.165, 1.54) is 11.8 Å². The van der Waals surface area contributed by atoms with Crippen molar-refractivity contribution in [2.75, 3.05) is 19.9 Å². The van der Waals surface area contributed by atoms with Crippen molar-refractivity contribution in [1.29, 1.82) is 5.26 Å². The van der Waals surface area contributed by atoms with Crippen molar-refractivity contribution >= 4 is 28.4 Å². The molecule has 0 atom stereocenters. The molecule has 0 saturated carbocycles. The number of hydrogen-bond donors (Lipinski definition) is 0. The summed E-state index contributed by atoms with van der Waals surface area (Å²) in [4.78, 5) is 18.7. The fourth-order valence-electron chi connectivity index (χ4n) is 3.14. The molecule has 0 aliphatic carbocycles. The van der Waals surface area contributed by atoms with Crippen LogP contribution in [0.5, 0.6) is 5.75 Å². The number of nitriles is 1. The van der Waals surface area contributed by atoms with Crippen LogP contribution in [0.25, 0.3) is 10.8 Å². The van der Waals surface area contributed by atoms with E-state index < -0.39 is 0 Å². The van der Waals surface area contributed by atoms with E-state index >= 15 is 0 Å². The molecule has 2 aromatic carbocycles. The zero-order valence-corrected chi connectivity index (χ0v) is 17.8. The molecule has 6 heteroatoms. The van der Waals surface area contributed by atoms with Gasteiger partial charge in [0.2, 0.25) is 5.91 Å². The van der Waals surface area contributed by atoms with Gasteiger partial charge >= 0.3 is 0 Å². The Labute approximate surface area is 175 Å². The monoisotopic (exact) mass is 405 g/mol. The average molecular weight is 406 g/mol. The van der Waals surface area contributed by atoms with Gasteiger partial charge in [-0.25, -0.2) is 4.98 Å². The zero-order valence-electron chi connectivity index (χ0n) is 17.0. The highest BCUT2D eigenvalue weighted by atomic mass is 32.2. The van der Waals surface area contributed by atoms with E-state index in [0.29, 0.717) is 17.1 Å². The predicted octanol–water partition coefficient (Wildman–Crippen LogP) is 4.48. The number of amides is 1. The molecule has 0 N–H and O–H groups in total. The topological polar surface area (TPSA) is 66.2 Å². The average Bonchev–Trinajstić information content (AvgIpc) is 2.71. The molecular weight excluding hydrogens is 382 g/mol. The van der Waals surface area contributed by atoms with Crippen LogP contribution in [0.4, 0.5) is 0 Å². The summed E-state index contributed by atoms with van der Waals surface area (Å²) < 4.78 is 5.26. The molecule has 0 spiro atoms. The minimum absolute atomic E-state index is 0.00493. The van der Waals surface area contributed by atoms with E-state index in [4.69, 9.17) is 4.74 Å². The lowest BCUT2D eigenvalue weighted by atomic mass is 10.1. The van der Waals surface area contributed by atoms with Crippen molar-refractivity contribution in [3.8, 4) is 11.8 Å². The Morgan fingerprint density at radius 2 is 1.90 bits per heavy atom. The number of methoxy groups -OCH3 is 1. The first-order valence-corrected chi connectivity index (χ1v) is 10.2. The van der Waals surface area contributed by atoms with Crippen LogP contribution in [-0.2, 0) is 11.3 Å². The fraction of sp³-hybridized carbons (Fsp3) is 0.261. The van der Waals surface area contributed by atoms with Crippen LogP contribution >= 0.6 is 11.8 Å². The lowest BCUT2D eigenvalue weighted by Gasteiger charge is -2.18. The highest BCUT2D eigenvalue weighted by Crippen LogP contribution is 2.25. The first kappa shape index (κ1) is 20.7. The fourth-order valence-corrected chi connectivity index (χ4v) is 4.18. The van der Waals surface area contributed by atoms with Gasteiger partial charge in [0.25, 0.3) is 0 Å². The number of carbonyl (C=O) groups excluding carboxylic acids is 1. The Hall–Kier alpha value is -3.04. The normalized spacial score (nSPS) is 10.6.